The van der Waals surface area contributed by atoms with E-state index < -0.39 is 21.4 Å². The molecule has 1 rings (SSSR count). The van der Waals surface area contributed by atoms with E-state index in [1.54, 1.807) is 0 Å². The van der Waals surface area contributed by atoms with Crippen molar-refractivity contribution < 1.29 is 13.2 Å². The molecule has 1 aromatic heterocycles. The molecule has 0 fully saturated rings. The Kier molecular flexibility index (Phi) is 3.36. The van der Waals surface area contributed by atoms with Gasteiger partial charge in [-0.15, -0.1) is 0 Å². The number of aromatic amines is 1. The summed E-state index contributed by atoms with van der Waals surface area (Å²) in [5, 5.41) is 0. The van der Waals surface area contributed by atoms with Crippen LogP contribution in [0.15, 0.2) is 6.20 Å². The van der Waals surface area contributed by atoms with E-state index in [-0.39, 0.29) is 6.42 Å². The van der Waals surface area contributed by atoms with Gasteiger partial charge in [-0.2, -0.15) is 13.2 Å². The third-order valence-electron chi connectivity index (χ3n) is 1.78. The number of hydrogen-bond donors (Lipinski definition) is 1. The third-order valence-corrected chi connectivity index (χ3v) is 2.98. The summed E-state index contributed by atoms with van der Waals surface area (Å²) in [6.45, 7) is 4.08. The van der Waals surface area contributed by atoms with Crippen LogP contribution >= 0.6 is 0 Å². The minimum absolute atomic E-state index is 0.00829. The van der Waals surface area contributed by atoms with Crippen LogP contribution in [0.1, 0.15) is 12.1 Å². The van der Waals surface area contributed by atoms with Crippen molar-refractivity contribution in [2.45, 2.75) is 32.1 Å². The maximum atomic E-state index is 11.9. The monoisotopic (exact) mass is 221 g/mol. The van der Waals surface area contributed by atoms with E-state index in [2.05, 4.69) is 9.97 Å². The lowest BCUT2D eigenvalue weighted by Gasteiger charge is -2.03. The van der Waals surface area contributed by atoms with Crippen molar-refractivity contribution in [3.8, 4) is 0 Å². The number of nitrogens with zero attached hydrogens (tertiary/aromatic N) is 1. The van der Waals surface area contributed by atoms with Gasteiger partial charge in [0.1, 0.15) is 8.80 Å². The van der Waals surface area contributed by atoms with Crippen molar-refractivity contribution in [3.05, 3.63) is 11.9 Å². The fourth-order valence-electron chi connectivity index (χ4n) is 1.02. The molecule has 0 aliphatic rings. The van der Waals surface area contributed by atoms with Gasteiger partial charge in [-0.3, -0.25) is 0 Å². The molecule has 0 amide bonds. The zero-order valence-corrected chi connectivity index (χ0v) is 9.07. The first-order valence-electron chi connectivity index (χ1n) is 4.29. The number of H-pyrrole nitrogens is 1. The average Bonchev–Trinajstić information content (AvgIpc) is 2.47. The molecule has 14 heavy (non-hydrogen) atoms. The Morgan fingerprint density at radius 1 is 1.43 bits per heavy atom. The summed E-state index contributed by atoms with van der Waals surface area (Å²) in [6.07, 6.45) is -3.38. The molecule has 0 unspecified atom stereocenters. The number of aromatic nitrogens is 2. The molecule has 1 radical (unpaired) electrons. The lowest BCUT2D eigenvalue weighted by Crippen LogP contribution is -2.26. The van der Waals surface area contributed by atoms with Crippen molar-refractivity contribution in [1.82, 2.24) is 9.97 Å². The number of rotatable bonds is 3. The van der Waals surface area contributed by atoms with Crippen LogP contribution in [0.4, 0.5) is 13.2 Å². The summed E-state index contributed by atoms with van der Waals surface area (Å²) in [5.41, 5.74) is 1.41. The van der Waals surface area contributed by atoms with Crippen LogP contribution in [-0.4, -0.2) is 24.9 Å². The molecule has 0 aliphatic heterocycles. The van der Waals surface area contributed by atoms with Gasteiger partial charge in [-0.05, 0) is 6.42 Å². The minimum Gasteiger partial charge on any atom is -0.350 e. The Balaban J connectivity index is 2.52. The summed E-state index contributed by atoms with van der Waals surface area (Å²) in [4.78, 5) is 6.96. The number of alkyl halides is 3. The molecule has 1 aromatic rings. The zero-order chi connectivity index (χ0) is 10.8. The Morgan fingerprint density at radius 2 is 2.07 bits per heavy atom. The Hall–Kier alpha value is -0.783. The van der Waals surface area contributed by atoms with Gasteiger partial charge >= 0.3 is 6.18 Å². The standard InChI is InChI=1S/C8H12F3N2Si/c1-14(2)7-12-5-6(13-7)3-4-8(9,10)11/h5H,3-4H2,1-2H3,(H,12,13). The van der Waals surface area contributed by atoms with E-state index in [4.69, 9.17) is 0 Å². The summed E-state index contributed by atoms with van der Waals surface area (Å²) in [7, 11) is -0.692. The summed E-state index contributed by atoms with van der Waals surface area (Å²) in [5.74, 6) is 0. The first kappa shape index (κ1) is 11.3. The predicted octanol–water partition coefficient (Wildman–Crippen LogP) is 1.87. The summed E-state index contributed by atoms with van der Waals surface area (Å²) < 4.78 is 35.6. The molecule has 6 heteroatoms. The smallest absolute Gasteiger partial charge is 0.350 e. The molecule has 0 saturated heterocycles. The largest absolute Gasteiger partial charge is 0.389 e. The topological polar surface area (TPSA) is 28.7 Å². The molecule has 79 valence electrons. The van der Waals surface area contributed by atoms with Crippen molar-refractivity contribution in [1.29, 1.82) is 0 Å². The lowest BCUT2D eigenvalue weighted by atomic mass is 10.2. The van der Waals surface area contributed by atoms with Gasteiger partial charge in [0.15, 0.2) is 0 Å². The van der Waals surface area contributed by atoms with E-state index in [9.17, 15) is 13.2 Å². The number of aryl methyl sites for hydroxylation is 1. The van der Waals surface area contributed by atoms with Gasteiger partial charge in [0.05, 0.1) is 5.45 Å². The minimum atomic E-state index is -4.09. The van der Waals surface area contributed by atoms with Gasteiger partial charge in [-0.25, -0.2) is 4.98 Å². The molecule has 1 heterocycles. The Labute approximate surface area is 82.2 Å². The first-order chi connectivity index (χ1) is 6.38. The van der Waals surface area contributed by atoms with Gasteiger partial charge < -0.3 is 4.98 Å². The quantitative estimate of drug-likeness (QED) is 0.775. The van der Waals surface area contributed by atoms with Crippen LogP contribution < -0.4 is 5.45 Å². The van der Waals surface area contributed by atoms with Crippen molar-refractivity contribution in [2.24, 2.45) is 0 Å². The molecular formula is C8H12F3N2Si. The van der Waals surface area contributed by atoms with Crippen molar-refractivity contribution >= 4 is 14.2 Å². The fourth-order valence-corrected chi connectivity index (χ4v) is 1.75. The van der Waals surface area contributed by atoms with Crippen LogP contribution in [0.5, 0.6) is 0 Å². The predicted molar refractivity (Wildman–Crippen MR) is 50.1 cm³/mol. The SMILES string of the molecule is C[Si](C)c1ncc(CCC(F)(F)F)[nH]1. The van der Waals surface area contributed by atoms with Crippen LogP contribution in [0.3, 0.4) is 0 Å². The molecule has 0 atom stereocenters. The van der Waals surface area contributed by atoms with E-state index in [0.717, 1.165) is 5.45 Å². The van der Waals surface area contributed by atoms with Gasteiger partial charge in [0, 0.05) is 18.3 Å². The maximum absolute atomic E-state index is 11.9. The lowest BCUT2D eigenvalue weighted by molar-refractivity contribution is -0.134. The number of halogens is 3. The van der Waals surface area contributed by atoms with E-state index in [1.807, 2.05) is 13.1 Å². The second kappa shape index (κ2) is 4.16. The molecule has 0 spiro atoms. The Morgan fingerprint density at radius 3 is 2.50 bits per heavy atom. The van der Waals surface area contributed by atoms with Crippen LogP contribution in [0, 0.1) is 0 Å². The molecule has 1 N–H and O–H groups in total. The number of imidazole rings is 1. The Bertz CT molecular complexity index is 293. The second-order valence-electron chi connectivity index (χ2n) is 3.37. The molecule has 0 bridgehead atoms. The molecular weight excluding hydrogens is 209 g/mol. The highest BCUT2D eigenvalue weighted by atomic mass is 28.3. The average molecular weight is 221 g/mol. The normalized spacial score (nSPS) is 12.4. The number of nitrogens with one attached hydrogen (secondary N) is 1. The molecule has 0 aliphatic carbocycles. The van der Waals surface area contributed by atoms with Crippen molar-refractivity contribution in [3.63, 3.8) is 0 Å². The number of hydrogen-bond acceptors (Lipinski definition) is 1. The van der Waals surface area contributed by atoms with E-state index in [1.165, 1.54) is 6.20 Å². The maximum Gasteiger partial charge on any atom is 0.389 e. The highest BCUT2D eigenvalue weighted by Crippen LogP contribution is 2.21. The fraction of sp³-hybridized carbons (Fsp3) is 0.625. The van der Waals surface area contributed by atoms with E-state index >= 15 is 0 Å². The molecule has 0 aromatic carbocycles. The van der Waals surface area contributed by atoms with Crippen molar-refractivity contribution in [2.75, 3.05) is 0 Å². The van der Waals surface area contributed by atoms with Crippen LogP contribution in [0.25, 0.3) is 0 Å². The first-order valence-corrected chi connectivity index (χ1v) is 6.79. The van der Waals surface area contributed by atoms with Crippen LogP contribution in [0.2, 0.25) is 13.1 Å². The highest BCUT2D eigenvalue weighted by molar-refractivity contribution is 6.69. The van der Waals surface area contributed by atoms with Crippen LogP contribution in [-0.2, 0) is 6.42 Å². The zero-order valence-electron chi connectivity index (χ0n) is 8.07. The van der Waals surface area contributed by atoms with Gasteiger partial charge in [0.25, 0.3) is 0 Å². The second-order valence-corrected chi connectivity index (χ2v) is 5.85. The molecule has 2 nitrogen and oxygen atoms in total. The van der Waals surface area contributed by atoms with Gasteiger partial charge in [-0.1, -0.05) is 13.1 Å². The third kappa shape index (κ3) is 3.53. The highest BCUT2D eigenvalue weighted by Gasteiger charge is 2.26. The van der Waals surface area contributed by atoms with E-state index in [0.29, 0.717) is 5.69 Å². The molecule has 0 saturated carbocycles. The summed E-state index contributed by atoms with van der Waals surface area (Å²) >= 11 is 0. The van der Waals surface area contributed by atoms with Gasteiger partial charge in [0.2, 0.25) is 0 Å². The summed E-state index contributed by atoms with van der Waals surface area (Å²) in [6, 6.07) is 0.